The number of hydrogen-bond acceptors (Lipinski definition) is 3. The maximum Gasteiger partial charge on any atom is 0.0897 e. The highest BCUT2D eigenvalue weighted by Gasteiger charge is 2.06. The number of rotatable bonds is 14. The van der Waals surface area contributed by atoms with Crippen LogP contribution in [0, 0.1) is 0 Å². The molecular weight excluding hydrogens is 238 g/mol. The fraction of sp³-hybridized carbons (Fsp3) is 0.875. The van der Waals surface area contributed by atoms with Gasteiger partial charge in [-0.25, -0.2) is 0 Å². The first-order valence-electron chi connectivity index (χ1n) is 7.80. The summed E-state index contributed by atoms with van der Waals surface area (Å²) >= 11 is 0. The molecular formula is C16H33NO2. The molecule has 0 aromatic rings. The van der Waals surface area contributed by atoms with E-state index in [1.54, 1.807) is 0 Å². The molecule has 114 valence electrons. The van der Waals surface area contributed by atoms with Gasteiger partial charge in [0.05, 0.1) is 12.7 Å². The molecule has 2 N–H and O–H groups in total. The molecule has 0 rings (SSSR count). The van der Waals surface area contributed by atoms with Crippen molar-refractivity contribution < 1.29 is 9.84 Å². The van der Waals surface area contributed by atoms with Gasteiger partial charge in [-0.3, -0.25) is 0 Å². The van der Waals surface area contributed by atoms with E-state index >= 15 is 0 Å². The zero-order valence-corrected chi connectivity index (χ0v) is 12.9. The van der Waals surface area contributed by atoms with Crippen molar-refractivity contribution in [2.75, 3.05) is 19.8 Å². The molecule has 0 radical (unpaired) electrons. The Bertz CT molecular complexity index is 197. The maximum absolute atomic E-state index is 9.73. The SMILES string of the molecule is C=CCC(C)NCC(O)COCCCCCCCC. The van der Waals surface area contributed by atoms with E-state index in [0.29, 0.717) is 19.2 Å². The zero-order valence-electron chi connectivity index (χ0n) is 12.9. The lowest BCUT2D eigenvalue weighted by molar-refractivity contribution is 0.0344. The van der Waals surface area contributed by atoms with E-state index in [0.717, 1.165) is 19.4 Å². The number of nitrogens with one attached hydrogen (secondary N) is 1. The Balaban J connectivity index is 3.24. The molecule has 2 atom stereocenters. The average molecular weight is 271 g/mol. The van der Waals surface area contributed by atoms with Gasteiger partial charge in [-0.2, -0.15) is 0 Å². The fourth-order valence-electron chi connectivity index (χ4n) is 1.93. The van der Waals surface area contributed by atoms with Crippen molar-refractivity contribution >= 4 is 0 Å². The van der Waals surface area contributed by atoms with Gasteiger partial charge in [0.15, 0.2) is 0 Å². The Hall–Kier alpha value is -0.380. The Labute approximate surface area is 119 Å². The monoisotopic (exact) mass is 271 g/mol. The highest BCUT2D eigenvalue weighted by molar-refractivity contribution is 4.75. The summed E-state index contributed by atoms with van der Waals surface area (Å²) in [6.45, 7) is 9.81. The standard InChI is InChI=1S/C16H33NO2/c1-4-6-7-8-9-10-12-19-14-16(18)13-17-15(3)11-5-2/h5,15-18H,2,4,6-14H2,1,3H3. The van der Waals surface area contributed by atoms with Gasteiger partial charge >= 0.3 is 0 Å². The maximum atomic E-state index is 9.73. The van der Waals surface area contributed by atoms with Crippen LogP contribution >= 0.6 is 0 Å². The van der Waals surface area contributed by atoms with E-state index in [4.69, 9.17) is 4.74 Å². The lowest BCUT2D eigenvalue weighted by Crippen LogP contribution is -2.35. The summed E-state index contributed by atoms with van der Waals surface area (Å²) in [5.74, 6) is 0. The summed E-state index contributed by atoms with van der Waals surface area (Å²) in [6, 6.07) is 0.366. The smallest absolute Gasteiger partial charge is 0.0897 e. The first-order valence-corrected chi connectivity index (χ1v) is 7.80. The van der Waals surface area contributed by atoms with E-state index in [2.05, 4.69) is 25.7 Å². The van der Waals surface area contributed by atoms with Gasteiger partial charge in [0.25, 0.3) is 0 Å². The molecule has 0 aromatic carbocycles. The van der Waals surface area contributed by atoms with Crippen molar-refractivity contribution in [3.05, 3.63) is 12.7 Å². The minimum absolute atomic E-state index is 0.366. The van der Waals surface area contributed by atoms with Gasteiger partial charge in [-0.15, -0.1) is 6.58 Å². The summed E-state index contributed by atoms with van der Waals surface area (Å²) in [5.41, 5.74) is 0. The largest absolute Gasteiger partial charge is 0.389 e. The Morgan fingerprint density at radius 2 is 1.89 bits per heavy atom. The third kappa shape index (κ3) is 13.8. The topological polar surface area (TPSA) is 41.5 Å². The number of unbranched alkanes of at least 4 members (excludes halogenated alkanes) is 5. The van der Waals surface area contributed by atoms with Crippen LogP contribution in [0.5, 0.6) is 0 Å². The molecule has 0 saturated carbocycles. The van der Waals surface area contributed by atoms with Crippen molar-refractivity contribution in [2.24, 2.45) is 0 Å². The van der Waals surface area contributed by atoms with E-state index in [-0.39, 0.29) is 0 Å². The molecule has 0 bridgehead atoms. The van der Waals surface area contributed by atoms with Crippen LogP contribution in [-0.4, -0.2) is 37.0 Å². The van der Waals surface area contributed by atoms with E-state index in [1.165, 1.54) is 32.1 Å². The van der Waals surface area contributed by atoms with Crippen LogP contribution < -0.4 is 5.32 Å². The summed E-state index contributed by atoms with van der Waals surface area (Å²) in [6.07, 6.45) is 10.0. The number of hydrogen-bond donors (Lipinski definition) is 2. The summed E-state index contributed by atoms with van der Waals surface area (Å²) in [5, 5.41) is 13.0. The third-order valence-electron chi connectivity index (χ3n) is 3.17. The first kappa shape index (κ1) is 18.6. The molecule has 2 unspecified atom stereocenters. The van der Waals surface area contributed by atoms with Gasteiger partial charge in [-0.1, -0.05) is 45.1 Å². The molecule has 0 fully saturated rings. The second-order valence-corrected chi connectivity index (χ2v) is 5.33. The first-order chi connectivity index (χ1) is 9.20. The molecule has 0 saturated heterocycles. The van der Waals surface area contributed by atoms with E-state index in [1.807, 2.05) is 6.08 Å². The van der Waals surface area contributed by atoms with Crippen LogP contribution in [0.15, 0.2) is 12.7 Å². The lowest BCUT2D eigenvalue weighted by Gasteiger charge is -2.16. The van der Waals surface area contributed by atoms with Crippen molar-refractivity contribution in [2.45, 2.75) is 70.9 Å². The molecule has 0 amide bonds. The summed E-state index contributed by atoms with van der Waals surface area (Å²) in [7, 11) is 0. The normalized spacial score (nSPS) is 14.3. The number of ether oxygens (including phenoxy) is 1. The summed E-state index contributed by atoms with van der Waals surface area (Å²) in [4.78, 5) is 0. The molecule has 0 heterocycles. The Morgan fingerprint density at radius 1 is 1.21 bits per heavy atom. The molecule has 0 aliphatic carbocycles. The highest BCUT2D eigenvalue weighted by atomic mass is 16.5. The van der Waals surface area contributed by atoms with Crippen molar-refractivity contribution in [1.82, 2.24) is 5.32 Å². The van der Waals surface area contributed by atoms with Crippen molar-refractivity contribution in [3.8, 4) is 0 Å². The molecule has 3 heteroatoms. The summed E-state index contributed by atoms with van der Waals surface area (Å²) < 4.78 is 5.48. The van der Waals surface area contributed by atoms with Crippen LogP contribution in [0.1, 0.15) is 58.8 Å². The van der Waals surface area contributed by atoms with Gasteiger partial charge in [-0.05, 0) is 19.8 Å². The predicted molar refractivity (Wildman–Crippen MR) is 82.5 cm³/mol. The van der Waals surface area contributed by atoms with Crippen LogP contribution in [-0.2, 0) is 4.74 Å². The molecule has 3 nitrogen and oxygen atoms in total. The van der Waals surface area contributed by atoms with Crippen LogP contribution in [0.4, 0.5) is 0 Å². The molecule has 0 spiro atoms. The second-order valence-electron chi connectivity index (χ2n) is 5.33. The van der Waals surface area contributed by atoms with Crippen LogP contribution in [0.2, 0.25) is 0 Å². The van der Waals surface area contributed by atoms with E-state index < -0.39 is 6.10 Å². The quantitative estimate of drug-likeness (QED) is 0.376. The van der Waals surface area contributed by atoms with Crippen molar-refractivity contribution in [3.63, 3.8) is 0 Å². The fourth-order valence-corrected chi connectivity index (χ4v) is 1.93. The Kier molecular flexibility index (Phi) is 13.8. The van der Waals surface area contributed by atoms with Gasteiger partial charge in [0.2, 0.25) is 0 Å². The zero-order chi connectivity index (χ0) is 14.3. The third-order valence-corrected chi connectivity index (χ3v) is 3.17. The second kappa shape index (κ2) is 14.0. The molecule has 0 aromatic heterocycles. The Morgan fingerprint density at radius 3 is 2.58 bits per heavy atom. The minimum Gasteiger partial charge on any atom is -0.389 e. The molecule has 0 aliphatic heterocycles. The predicted octanol–water partition coefficient (Wildman–Crippen LogP) is 3.28. The van der Waals surface area contributed by atoms with E-state index in [9.17, 15) is 5.11 Å². The van der Waals surface area contributed by atoms with Gasteiger partial charge in [0, 0.05) is 19.2 Å². The lowest BCUT2D eigenvalue weighted by atomic mass is 10.1. The molecule has 0 aliphatic rings. The van der Waals surface area contributed by atoms with Crippen LogP contribution in [0.25, 0.3) is 0 Å². The molecule has 19 heavy (non-hydrogen) atoms. The number of aliphatic hydroxyl groups excluding tert-OH is 1. The highest BCUT2D eigenvalue weighted by Crippen LogP contribution is 2.04. The van der Waals surface area contributed by atoms with Gasteiger partial charge < -0.3 is 15.2 Å². The van der Waals surface area contributed by atoms with Crippen molar-refractivity contribution in [1.29, 1.82) is 0 Å². The van der Waals surface area contributed by atoms with Crippen LogP contribution in [0.3, 0.4) is 0 Å². The average Bonchev–Trinajstić information content (AvgIpc) is 2.40. The van der Waals surface area contributed by atoms with Gasteiger partial charge in [0.1, 0.15) is 0 Å². The number of aliphatic hydroxyl groups is 1. The minimum atomic E-state index is -0.410.